The zero-order valence-corrected chi connectivity index (χ0v) is 19.2. The molecule has 0 bridgehead atoms. The molecule has 12 heteroatoms. The van der Waals surface area contributed by atoms with Crippen molar-refractivity contribution in [3.05, 3.63) is 97.5 Å². The number of ether oxygens (including phenoxy) is 1. The number of pyridine rings is 1. The van der Waals surface area contributed by atoms with Crippen LogP contribution in [-0.4, -0.2) is 17.1 Å². The molecule has 0 aliphatic rings. The van der Waals surface area contributed by atoms with E-state index in [1.165, 1.54) is 12.3 Å². The number of nitrogens with one attached hydrogen (secondary N) is 3. The molecular weight excluding hydrogens is 501 g/mol. The first-order valence-electron chi connectivity index (χ1n) is 10.4. The third kappa shape index (κ3) is 5.33. The van der Waals surface area contributed by atoms with Gasteiger partial charge in [0.25, 0.3) is 10.9 Å². The molecule has 36 heavy (non-hydrogen) atoms. The first-order chi connectivity index (χ1) is 17.1. The van der Waals surface area contributed by atoms with E-state index >= 15 is 0 Å². The molecule has 0 aliphatic heterocycles. The molecule has 0 saturated carbocycles. The fourth-order valence-electron chi connectivity index (χ4n) is 3.27. The van der Waals surface area contributed by atoms with Gasteiger partial charge in [-0.25, -0.2) is 0 Å². The SMILES string of the molecule is CNC(O)c1cc(Oc2ccc(Nc3c(Nc4ccc(Cl)c(C(F)(F)F)c4)c(=O)c3=O)cc2)ccn1. The molecular formula is C24H18ClF3N4O4. The number of halogens is 4. The lowest BCUT2D eigenvalue weighted by Crippen LogP contribution is -2.35. The first-order valence-corrected chi connectivity index (χ1v) is 10.8. The predicted molar refractivity (Wildman–Crippen MR) is 129 cm³/mol. The van der Waals surface area contributed by atoms with Crippen LogP contribution < -0.4 is 31.5 Å². The Morgan fingerprint density at radius 2 is 1.53 bits per heavy atom. The Bertz CT molecular complexity index is 1470. The molecule has 0 radical (unpaired) electrons. The summed E-state index contributed by atoms with van der Waals surface area (Å²) in [6.45, 7) is 0. The molecule has 0 aliphatic carbocycles. The van der Waals surface area contributed by atoms with Gasteiger partial charge in [-0.05, 0) is 55.6 Å². The third-order valence-corrected chi connectivity index (χ3v) is 5.45. The zero-order valence-electron chi connectivity index (χ0n) is 18.5. The van der Waals surface area contributed by atoms with E-state index in [1.807, 2.05) is 0 Å². The fraction of sp³-hybridized carbons (Fsp3) is 0.125. The van der Waals surface area contributed by atoms with Gasteiger partial charge in [-0.15, -0.1) is 0 Å². The van der Waals surface area contributed by atoms with Gasteiger partial charge >= 0.3 is 6.18 Å². The van der Waals surface area contributed by atoms with E-state index < -0.39 is 33.8 Å². The van der Waals surface area contributed by atoms with Gasteiger partial charge in [0.2, 0.25) is 0 Å². The summed E-state index contributed by atoms with van der Waals surface area (Å²) in [6, 6.07) is 12.6. The zero-order chi connectivity index (χ0) is 26.0. The van der Waals surface area contributed by atoms with Crippen LogP contribution >= 0.6 is 11.6 Å². The number of aliphatic hydroxyl groups excluding tert-OH is 1. The maximum Gasteiger partial charge on any atom is 0.417 e. The minimum Gasteiger partial charge on any atom is -0.457 e. The molecule has 1 atom stereocenters. The van der Waals surface area contributed by atoms with Crippen LogP contribution in [0.5, 0.6) is 11.5 Å². The van der Waals surface area contributed by atoms with Crippen molar-refractivity contribution in [2.75, 3.05) is 17.7 Å². The highest BCUT2D eigenvalue weighted by Crippen LogP contribution is 2.37. The molecule has 3 aromatic carbocycles. The Balaban J connectivity index is 1.49. The third-order valence-electron chi connectivity index (χ3n) is 5.12. The highest BCUT2D eigenvalue weighted by molar-refractivity contribution is 6.31. The van der Waals surface area contributed by atoms with Crippen LogP contribution in [0.15, 0.2) is 70.4 Å². The highest BCUT2D eigenvalue weighted by atomic mass is 35.5. The normalized spacial score (nSPS) is 12.4. The summed E-state index contributed by atoms with van der Waals surface area (Å²) in [4.78, 5) is 28.2. The summed E-state index contributed by atoms with van der Waals surface area (Å²) in [6.07, 6.45) is -4.15. The summed E-state index contributed by atoms with van der Waals surface area (Å²) >= 11 is 5.62. The second-order valence-electron chi connectivity index (χ2n) is 7.58. The highest BCUT2D eigenvalue weighted by Gasteiger charge is 2.33. The van der Waals surface area contributed by atoms with Gasteiger partial charge in [0.15, 0.2) is 0 Å². The van der Waals surface area contributed by atoms with Crippen LogP contribution in [-0.2, 0) is 6.18 Å². The Hall–Kier alpha value is -3.93. The van der Waals surface area contributed by atoms with Gasteiger partial charge in [-0.1, -0.05) is 11.6 Å². The molecule has 0 amide bonds. The minimum absolute atomic E-state index is 0.0502. The van der Waals surface area contributed by atoms with Gasteiger partial charge in [-0.3, -0.25) is 19.9 Å². The lowest BCUT2D eigenvalue weighted by Gasteiger charge is -2.17. The van der Waals surface area contributed by atoms with Crippen molar-refractivity contribution in [2.24, 2.45) is 0 Å². The average molecular weight is 519 g/mol. The predicted octanol–water partition coefficient (Wildman–Crippen LogP) is 4.84. The van der Waals surface area contributed by atoms with E-state index in [-0.39, 0.29) is 17.1 Å². The summed E-state index contributed by atoms with van der Waals surface area (Å²) < 4.78 is 45.1. The standard InChI is InChI=1S/C24H18ClF3N4O4/c1-29-23(35)18-11-15(8-9-30-18)36-14-5-2-12(3-6-14)31-19-20(22(34)21(19)33)32-13-4-7-17(25)16(10-13)24(26,27)28/h2-11,23,29,31-32,35H,1H3. The Morgan fingerprint density at radius 3 is 2.14 bits per heavy atom. The number of anilines is 4. The molecule has 8 nitrogen and oxygen atoms in total. The van der Waals surface area contributed by atoms with Gasteiger partial charge in [0.05, 0.1) is 16.3 Å². The lowest BCUT2D eigenvalue weighted by molar-refractivity contribution is -0.137. The van der Waals surface area contributed by atoms with Crippen LogP contribution in [0.2, 0.25) is 5.02 Å². The second-order valence-corrected chi connectivity index (χ2v) is 7.99. The molecule has 1 heterocycles. The van der Waals surface area contributed by atoms with Crippen molar-refractivity contribution in [1.82, 2.24) is 10.3 Å². The molecule has 186 valence electrons. The van der Waals surface area contributed by atoms with Crippen molar-refractivity contribution in [3.8, 4) is 11.5 Å². The summed E-state index contributed by atoms with van der Waals surface area (Å²) in [5.41, 5.74) is -2.24. The van der Waals surface area contributed by atoms with Crippen LogP contribution in [0.25, 0.3) is 0 Å². The van der Waals surface area contributed by atoms with E-state index in [0.29, 0.717) is 22.9 Å². The van der Waals surface area contributed by atoms with Crippen LogP contribution in [0.4, 0.5) is 35.9 Å². The Kier molecular flexibility index (Phi) is 6.97. The van der Waals surface area contributed by atoms with E-state index in [0.717, 1.165) is 12.1 Å². The molecule has 4 N–H and O–H groups in total. The largest absolute Gasteiger partial charge is 0.457 e. The quantitative estimate of drug-likeness (QED) is 0.194. The van der Waals surface area contributed by atoms with Crippen molar-refractivity contribution in [1.29, 1.82) is 0 Å². The fourth-order valence-corrected chi connectivity index (χ4v) is 3.50. The van der Waals surface area contributed by atoms with E-state index in [9.17, 15) is 27.9 Å². The van der Waals surface area contributed by atoms with Crippen molar-refractivity contribution < 1.29 is 23.0 Å². The van der Waals surface area contributed by atoms with Crippen molar-refractivity contribution in [3.63, 3.8) is 0 Å². The number of benzene rings is 2. The van der Waals surface area contributed by atoms with Crippen LogP contribution in [0.3, 0.4) is 0 Å². The van der Waals surface area contributed by atoms with Crippen molar-refractivity contribution >= 4 is 34.4 Å². The van der Waals surface area contributed by atoms with Crippen LogP contribution in [0.1, 0.15) is 17.5 Å². The van der Waals surface area contributed by atoms with Gasteiger partial charge in [0, 0.05) is 23.6 Å². The van der Waals surface area contributed by atoms with Gasteiger partial charge < -0.3 is 20.5 Å². The molecule has 0 saturated heterocycles. The Labute approximate surface area is 207 Å². The summed E-state index contributed by atoms with van der Waals surface area (Å²) in [5, 5.41) is 17.4. The van der Waals surface area contributed by atoms with Crippen LogP contribution in [0, 0.1) is 0 Å². The van der Waals surface area contributed by atoms with E-state index in [1.54, 1.807) is 43.4 Å². The smallest absolute Gasteiger partial charge is 0.417 e. The van der Waals surface area contributed by atoms with Gasteiger partial charge in [-0.2, -0.15) is 13.2 Å². The summed E-state index contributed by atoms with van der Waals surface area (Å²) in [7, 11) is 1.58. The van der Waals surface area contributed by atoms with E-state index in [2.05, 4.69) is 20.9 Å². The maximum absolute atomic E-state index is 13.1. The number of hydrogen-bond donors (Lipinski definition) is 4. The lowest BCUT2D eigenvalue weighted by atomic mass is 10.1. The molecule has 1 unspecified atom stereocenters. The number of rotatable bonds is 8. The van der Waals surface area contributed by atoms with E-state index in [4.69, 9.17) is 16.3 Å². The second kappa shape index (κ2) is 9.97. The van der Waals surface area contributed by atoms with Gasteiger partial charge in [0.1, 0.15) is 29.1 Å². The van der Waals surface area contributed by atoms with Crippen molar-refractivity contribution in [2.45, 2.75) is 12.4 Å². The molecule has 0 fully saturated rings. The molecule has 1 aromatic heterocycles. The Morgan fingerprint density at radius 1 is 0.917 bits per heavy atom. The topological polar surface area (TPSA) is 113 Å². The summed E-state index contributed by atoms with van der Waals surface area (Å²) in [5.74, 6) is 0.881. The molecule has 4 aromatic rings. The number of hydrogen-bond acceptors (Lipinski definition) is 8. The number of nitrogens with zero attached hydrogens (tertiary/aromatic N) is 1. The monoisotopic (exact) mass is 518 g/mol. The molecule has 4 rings (SSSR count). The minimum atomic E-state index is -4.68. The maximum atomic E-state index is 13.1. The first kappa shape index (κ1) is 25.2. The molecule has 0 spiro atoms. The number of alkyl halides is 3. The number of aliphatic hydroxyl groups is 1. The number of aromatic nitrogens is 1. The average Bonchev–Trinajstić information content (AvgIpc) is 2.86.